The van der Waals surface area contributed by atoms with Crippen molar-refractivity contribution in [3.05, 3.63) is 29.8 Å². The molecule has 1 saturated heterocycles. The summed E-state index contributed by atoms with van der Waals surface area (Å²) in [5.41, 5.74) is 2.62. The average molecular weight is 290 g/mol. The lowest BCUT2D eigenvalue weighted by atomic mass is 10.0. The van der Waals surface area contributed by atoms with Gasteiger partial charge >= 0.3 is 0 Å². The van der Waals surface area contributed by atoms with Gasteiger partial charge in [0.1, 0.15) is 0 Å². The number of piperidine rings is 1. The van der Waals surface area contributed by atoms with Gasteiger partial charge in [-0.05, 0) is 49.8 Å². The van der Waals surface area contributed by atoms with Crippen LogP contribution in [0, 0.1) is 5.92 Å². The highest BCUT2D eigenvalue weighted by atomic mass is 16.3. The van der Waals surface area contributed by atoms with Crippen LogP contribution in [-0.2, 0) is 0 Å². The van der Waals surface area contributed by atoms with E-state index in [-0.39, 0.29) is 12.1 Å². The first-order valence-corrected chi connectivity index (χ1v) is 8.34. The number of rotatable bonds is 6. The van der Waals surface area contributed by atoms with Gasteiger partial charge < -0.3 is 15.3 Å². The van der Waals surface area contributed by atoms with Gasteiger partial charge in [0.15, 0.2) is 0 Å². The molecule has 1 heterocycles. The highest BCUT2D eigenvalue weighted by Gasteiger charge is 2.13. The van der Waals surface area contributed by atoms with Crippen molar-refractivity contribution in [3.8, 4) is 0 Å². The van der Waals surface area contributed by atoms with Crippen molar-refractivity contribution in [2.45, 2.75) is 52.2 Å². The largest absolute Gasteiger partial charge is 0.392 e. The van der Waals surface area contributed by atoms with E-state index in [2.05, 4.69) is 41.4 Å². The van der Waals surface area contributed by atoms with Crippen molar-refractivity contribution in [1.82, 2.24) is 5.32 Å². The smallest absolute Gasteiger partial charge is 0.0687 e. The Hall–Kier alpha value is -1.06. The molecule has 0 spiro atoms. The molecule has 2 N–H and O–H groups in total. The second-order valence-corrected chi connectivity index (χ2v) is 6.58. The Bertz CT molecular complexity index is 410. The van der Waals surface area contributed by atoms with E-state index in [1.54, 1.807) is 0 Å². The van der Waals surface area contributed by atoms with Crippen LogP contribution < -0.4 is 10.2 Å². The zero-order chi connectivity index (χ0) is 15.2. The predicted molar refractivity (Wildman–Crippen MR) is 89.8 cm³/mol. The monoisotopic (exact) mass is 290 g/mol. The van der Waals surface area contributed by atoms with Gasteiger partial charge in [0.25, 0.3) is 0 Å². The Balaban J connectivity index is 1.88. The van der Waals surface area contributed by atoms with E-state index in [4.69, 9.17) is 0 Å². The van der Waals surface area contributed by atoms with E-state index in [9.17, 15) is 5.11 Å². The number of nitrogens with zero attached hydrogens (tertiary/aromatic N) is 1. The van der Waals surface area contributed by atoms with Crippen molar-refractivity contribution in [1.29, 1.82) is 0 Å². The van der Waals surface area contributed by atoms with E-state index < -0.39 is 0 Å². The second-order valence-electron chi connectivity index (χ2n) is 6.58. The minimum atomic E-state index is -0.278. The van der Waals surface area contributed by atoms with Gasteiger partial charge in [-0.1, -0.05) is 26.0 Å². The fraction of sp³-hybridized carbons (Fsp3) is 0.667. The molecule has 0 bridgehead atoms. The Morgan fingerprint density at radius 3 is 2.24 bits per heavy atom. The maximum absolute atomic E-state index is 9.87. The van der Waals surface area contributed by atoms with Gasteiger partial charge in [-0.15, -0.1) is 0 Å². The Kier molecular flexibility index (Phi) is 6.07. The lowest BCUT2D eigenvalue weighted by molar-refractivity contribution is 0.120. The number of benzene rings is 1. The minimum absolute atomic E-state index is 0.272. The molecule has 1 fully saturated rings. The molecule has 1 aromatic carbocycles. The molecule has 2 rings (SSSR count). The van der Waals surface area contributed by atoms with E-state index in [0.717, 1.165) is 0 Å². The number of hydrogen-bond donors (Lipinski definition) is 2. The molecule has 1 aliphatic heterocycles. The molecule has 0 aromatic heterocycles. The molecule has 2 atom stereocenters. The summed E-state index contributed by atoms with van der Waals surface area (Å²) in [5.74, 6) is 0.297. The van der Waals surface area contributed by atoms with Crippen molar-refractivity contribution < 1.29 is 5.11 Å². The number of anilines is 1. The van der Waals surface area contributed by atoms with E-state index in [1.807, 2.05) is 13.8 Å². The van der Waals surface area contributed by atoms with Gasteiger partial charge in [-0.3, -0.25) is 0 Å². The van der Waals surface area contributed by atoms with Gasteiger partial charge in [-0.25, -0.2) is 0 Å². The standard InChI is InChI=1S/C18H30N2O/c1-14(2)18(21)13-19-15(3)16-7-9-17(10-8-16)20-11-5-4-6-12-20/h7-10,14-15,18-19,21H,4-6,11-13H2,1-3H3. The van der Waals surface area contributed by atoms with Crippen LogP contribution in [0.5, 0.6) is 0 Å². The van der Waals surface area contributed by atoms with Crippen molar-refractivity contribution in [2.75, 3.05) is 24.5 Å². The molecule has 118 valence electrons. The van der Waals surface area contributed by atoms with Crippen LogP contribution in [-0.4, -0.2) is 30.8 Å². The van der Waals surface area contributed by atoms with Crippen LogP contribution in [0.25, 0.3) is 0 Å². The molecule has 21 heavy (non-hydrogen) atoms. The summed E-state index contributed by atoms with van der Waals surface area (Å²) in [6.45, 7) is 9.27. The number of hydrogen-bond acceptors (Lipinski definition) is 3. The first-order valence-electron chi connectivity index (χ1n) is 8.34. The highest BCUT2D eigenvalue weighted by molar-refractivity contribution is 5.48. The number of aliphatic hydroxyl groups excluding tert-OH is 1. The van der Waals surface area contributed by atoms with Crippen molar-refractivity contribution in [2.24, 2.45) is 5.92 Å². The maximum Gasteiger partial charge on any atom is 0.0687 e. The number of nitrogens with one attached hydrogen (secondary N) is 1. The second kappa shape index (κ2) is 7.81. The third-order valence-electron chi connectivity index (χ3n) is 4.52. The first kappa shape index (κ1) is 16.3. The summed E-state index contributed by atoms with van der Waals surface area (Å²) in [6, 6.07) is 9.16. The molecule has 3 nitrogen and oxygen atoms in total. The zero-order valence-electron chi connectivity index (χ0n) is 13.7. The summed E-state index contributed by atoms with van der Waals surface area (Å²) in [5, 5.41) is 13.3. The molecule has 1 aromatic rings. The lowest BCUT2D eigenvalue weighted by Gasteiger charge is -2.29. The van der Waals surface area contributed by atoms with Crippen LogP contribution in [0.15, 0.2) is 24.3 Å². The van der Waals surface area contributed by atoms with Crippen molar-refractivity contribution >= 4 is 5.69 Å². The normalized spacial score (nSPS) is 18.8. The third kappa shape index (κ3) is 4.72. The summed E-state index contributed by atoms with van der Waals surface area (Å²) >= 11 is 0. The van der Waals surface area contributed by atoms with Crippen LogP contribution in [0.2, 0.25) is 0 Å². The van der Waals surface area contributed by atoms with Crippen LogP contribution in [0.4, 0.5) is 5.69 Å². The zero-order valence-corrected chi connectivity index (χ0v) is 13.7. The van der Waals surface area contributed by atoms with Gasteiger partial charge in [0, 0.05) is 31.4 Å². The molecule has 1 aliphatic rings. The van der Waals surface area contributed by atoms with Crippen molar-refractivity contribution in [3.63, 3.8) is 0 Å². The van der Waals surface area contributed by atoms with Crippen LogP contribution in [0.1, 0.15) is 51.6 Å². The molecule has 0 aliphatic carbocycles. The SMILES string of the molecule is CC(NCC(O)C(C)C)c1ccc(N2CCCCC2)cc1. The lowest BCUT2D eigenvalue weighted by Crippen LogP contribution is -2.32. The van der Waals surface area contributed by atoms with Gasteiger partial charge in [-0.2, -0.15) is 0 Å². The maximum atomic E-state index is 9.87. The minimum Gasteiger partial charge on any atom is -0.392 e. The fourth-order valence-electron chi connectivity index (χ4n) is 2.78. The van der Waals surface area contributed by atoms with Crippen LogP contribution >= 0.6 is 0 Å². The summed E-state index contributed by atoms with van der Waals surface area (Å²) in [6.07, 6.45) is 3.72. The number of aliphatic hydroxyl groups is 1. The summed E-state index contributed by atoms with van der Waals surface area (Å²) in [7, 11) is 0. The quantitative estimate of drug-likeness (QED) is 0.843. The molecular weight excluding hydrogens is 260 g/mol. The molecule has 0 amide bonds. The molecule has 2 unspecified atom stereocenters. The van der Waals surface area contributed by atoms with Gasteiger partial charge in [0.2, 0.25) is 0 Å². The first-order chi connectivity index (χ1) is 10.1. The van der Waals surface area contributed by atoms with E-state index in [1.165, 1.54) is 43.6 Å². The summed E-state index contributed by atoms with van der Waals surface area (Å²) < 4.78 is 0. The Labute approximate surface area is 129 Å². The third-order valence-corrected chi connectivity index (χ3v) is 4.52. The molecular formula is C18H30N2O. The van der Waals surface area contributed by atoms with E-state index >= 15 is 0 Å². The molecule has 0 radical (unpaired) electrons. The molecule has 0 saturated carbocycles. The molecule has 3 heteroatoms. The highest BCUT2D eigenvalue weighted by Crippen LogP contribution is 2.22. The van der Waals surface area contributed by atoms with Gasteiger partial charge in [0.05, 0.1) is 6.10 Å². The fourth-order valence-corrected chi connectivity index (χ4v) is 2.78. The average Bonchev–Trinajstić information content (AvgIpc) is 2.53. The Morgan fingerprint density at radius 2 is 1.67 bits per heavy atom. The summed E-state index contributed by atoms with van der Waals surface area (Å²) in [4.78, 5) is 2.48. The van der Waals surface area contributed by atoms with Crippen LogP contribution in [0.3, 0.4) is 0 Å². The predicted octanol–water partition coefficient (Wildman–Crippen LogP) is 3.34. The van der Waals surface area contributed by atoms with E-state index in [0.29, 0.717) is 12.5 Å². The Morgan fingerprint density at radius 1 is 1.05 bits per heavy atom. The topological polar surface area (TPSA) is 35.5 Å².